The summed E-state index contributed by atoms with van der Waals surface area (Å²) < 4.78 is 0. The maximum absolute atomic E-state index is 11.7. The van der Waals surface area contributed by atoms with Gasteiger partial charge in [0.1, 0.15) is 6.54 Å². The number of nitrogens with zero attached hydrogens (tertiary/aromatic N) is 1. The summed E-state index contributed by atoms with van der Waals surface area (Å²) in [6, 6.07) is -0.460. The molecule has 0 aromatic heterocycles. The number of hydrogen-bond acceptors (Lipinski definition) is 3. The van der Waals surface area contributed by atoms with Gasteiger partial charge >= 0.3 is 12.0 Å². The summed E-state index contributed by atoms with van der Waals surface area (Å²) in [4.78, 5) is 35.1. The Balaban J connectivity index is 4.22. The van der Waals surface area contributed by atoms with Crippen molar-refractivity contribution < 1.29 is 19.5 Å². The van der Waals surface area contributed by atoms with Crippen molar-refractivity contribution in [3.63, 3.8) is 0 Å². The summed E-state index contributed by atoms with van der Waals surface area (Å²) >= 11 is 0. The van der Waals surface area contributed by atoms with Gasteiger partial charge in [0, 0.05) is 20.1 Å². The molecular weight excluding hydrogens is 250 g/mol. The van der Waals surface area contributed by atoms with E-state index in [9.17, 15) is 14.4 Å². The number of likely N-dealkylation sites (N-methyl/N-ethyl adjacent to an activating group) is 2. The molecule has 0 saturated carbocycles. The van der Waals surface area contributed by atoms with Crippen molar-refractivity contribution in [3.05, 3.63) is 0 Å². The van der Waals surface area contributed by atoms with Crippen LogP contribution in [-0.4, -0.2) is 54.6 Å². The highest BCUT2D eigenvalue weighted by molar-refractivity contribution is 5.84. The van der Waals surface area contributed by atoms with Gasteiger partial charge in [-0.05, 0) is 12.8 Å². The number of carbonyl (C=O) groups excluding carboxylic acids is 2. The quantitative estimate of drug-likeness (QED) is 0.613. The number of hydrogen-bond donors (Lipinski definition) is 3. The Labute approximate surface area is 113 Å². The second-order valence-corrected chi connectivity index (χ2v) is 4.68. The zero-order chi connectivity index (χ0) is 15.0. The van der Waals surface area contributed by atoms with E-state index >= 15 is 0 Å². The van der Waals surface area contributed by atoms with Crippen LogP contribution in [0.2, 0.25) is 0 Å². The third-order valence-electron chi connectivity index (χ3n) is 2.70. The summed E-state index contributed by atoms with van der Waals surface area (Å²) in [6.07, 6.45) is 0. The van der Waals surface area contributed by atoms with Crippen LogP contribution in [0.5, 0.6) is 0 Å². The van der Waals surface area contributed by atoms with E-state index in [1.165, 1.54) is 11.9 Å². The maximum atomic E-state index is 11.7. The fourth-order valence-electron chi connectivity index (χ4n) is 1.48. The molecule has 0 bridgehead atoms. The number of aliphatic carboxylic acids is 1. The third-order valence-corrected chi connectivity index (χ3v) is 2.70. The summed E-state index contributed by atoms with van der Waals surface area (Å²) in [6.45, 7) is 5.85. The highest BCUT2D eigenvalue weighted by Crippen LogP contribution is 2.09. The van der Waals surface area contributed by atoms with Crippen LogP contribution in [-0.2, 0) is 9.59 Å². The van der Waals surface area contributed by atoms with Gasteiger partial charge in [-0.2, -0.15) is 0 Å². The molecular formula is C12H23N3O4. The SMILES string of the molecule is CCNC(=O)CN(C)C(=O)NCC(C(=O)O)C(C)C. The van der Waals surface area contributed by atoms with Crippen LogP contribution in [0.15, 0.2) is 0 Å². The minimum absolute atomic E-state index is 0.0472. The fraction of sp³-hybridized carbons (Fsp3) is 0.750. The number of carboxylic acid groups (broad SMARTS) is 1. The first kappa shape index (κ1) is 17.2. The molecule has 0 fully saturated rings. The van der Waals surface area contributed by atoms with E-state index in [4.69, 9.17) is 5.11 Å². The van der Waals surface area contributed by atoms with E-state index in [0.29, 0.717) is 6.54 Å². The number of carbonyl (C=O) groups is 3. The molecule has 0 aliphatic rings. The van der Waals surface area contributed by atoms with Crippen molar-refractivity contribution in [2.24, 2.45) is 11.8 Å². The number of amides is 3. The van der Waals surface area contributed by atoms with Crippen LogP contribution >= 0.6 is 0 Å². The van der Waals surface area contributed by atoms with Crippen LogP contribution < -0.4 is 10.6 Å². The van der Waals surface area contributed by atoms with Crippen LogP contribution in [0.3, 0.4) is 0 Å². The van der Waals surface area contributed by atoms with Gasteiger partial charge in [0.2, 0.25) is 5.91 Å². The molecule has 0 spiro atoms. The van der Waals surface area contributed by atoms with Gasteiger partial charge in [-0.1, -0.05) is 13.8 Å². The summed E-state index contributed by atoms with van der Waals surface area (Å²) in [7, 11) is 1.48. The molecule has 7 nitrogen and oxygen atoms in total. The normalized spacial score (nSPS) is 11.8. The van der Waals surface area contributed by atoms with Gasteiger partial charge in [-0.15, -0.1) is 0 Å². The molecule has 110 valence electrons. The average molecular weight is 273 g/mol. The Kier molecular flexibility index (Phi) is 7.55. The lowest BCUT2D eigenvalue weighted by Gasteiger charge is -2.21. The highest BCUT2D eigenvalue weighted by atomic mass is 16.4. The molecule has 0 rings (SSSR count). The largest absolute Gasteiger partial charge is 0.481 e. The Morgan fingerprint density at radius 3 is 2.21 bits per heavy atom. The summed E-state index contributed by atoms with van der Waals surface area (Å²) in [5.41, 5.74) is 0. The van der Waals surface area contributed by atoms with Gasteiger partial charge in [0.05, 0.1) is 5.92 Å². The highest BCUT2D eigenvalue weighted by Gasteiger charge is 2.23. The van der Waals surface area contributed by atoms with Crippen LogP contribution in [0, 0.1) is 11.8 Å². The van der Waals surface area contributed by atoms with Crippen molar-refractivity contribution >= 4 is 17.9 Å². The first-order chi connectivity index (χ1) is 8.79. The predicted molar refractivity (Wildman–Crippen MR) is 70.7 cm³/mol. The second-order valence-electron chi connectivity index (χ2n) is 4.68. The Morgan fingerprint density at radius 2 is 1.79 bits per heavy atom. The molecule has 0 saturated heterocycles. The van der Waals surface area contributed by atoms with Gasteiger partial charge < -0.3 is 20.6 Å². The molecule has 0 aromatic rings. The lowest BCUT2D eigenvalue weighted by molar-refractivity contribution is -0.143. The minimum atomic E-state index is -0.943. The van der Waals surface area contributed by atoms with Crippen LogP contribution in [0.1, 0.15) is 20.8 Å². The van der Waals surface area contributed by atoms with Crippen molar-refractivity contribution in [1.29, 1.82) is 0 Å². The van der Waals surface area contributed by atoms with Crippen LogP contribution in [0.25, 0.3) is 0 Å². The van der Waals surface area contributed by atoms with Crippen molar-refractivity contribution in [1.82, 2.24) is 15.5 Å². The Morgan fingerprint density at radius 1 is 1.21 bits per heavy atom. The standard InChI is InChI=1S/C12H23N3O4/c1-5-13-10(16)7-15(4)12(19)14-6-9(8(2)3)11(17)18/h8-9H,5-7H2,1-4H3,(H,13,16)(H,14,19)(H,17,18). The van der Waals surface area contributed by atoms with E-state index in [2.05, 4.69) is 10.6 Å². The Hall–Kier alpha value is -1.79. The lowest BCUT2D eigenvalue weighted by atomic mass is 9.96. The summed E-state index contributed by atoms with van der Waals surface area (Å²) in [5, 5.41) is 14.1. The number of nitrogens with one attached hydrogen (secondary N) is 2. The Bertz CT molecular complexity index is 331. The molecule has 0 heterocycles. The first-order valence-corrected chi connectivity index (χ1v) is 6.28. The van der Waals surface area contributed by atoms with Crippen molar-refractivity contribution in [3.8, 4) is 0 Å². The molecule has 0 aliphatic carbocycles. The second kappa shape index (κ2) is 8.34. The molecule has 1 unspecified atom stereocenters. The van der Waals surface area contributed by atoms with E-state index in [-0.39, 0.29) is 24.9 Å². The number of rotatable bonds is 7. The van der Waals surface area contributed by atoms with E-state index in [0.717, 1.165) is 0 Å². The van der Waals surface area contributed by atoms with Crippen molar-refractivity contribution in [2.75, 3.05) is 26.7 Å². The molecule has 0 aromatic carbocycles. The third kappa shape index (κ3) is 6.64. The molecule has 3 N–H and O–H groups in total. The number of urea groups is 1. The van der Waals surface area contributed by atoms with E-state index < -0.39 is 17.9 Å². The van der Waals surface area contributed by atoms with Crippen LogP contribution in [0.4, 0.5) is 4.79 Å². The monoisotopic (exact) mass is 273 g/mol. The molecule has 19 heavy (non-hydrogen) atoms. The van der Waals surface area contributed by atoms with Gasteiger partial charge in [-0.25, -0.2) is 4.79 Å². The molecule has 0 radical (unpaired) electrons. The zero-order valence-corrected chi connectivity index (χ0v) is 11.9. The molecule has 7 heteroatoms. The van der Waals surface area contributed by atoms with Gasteiger partial charge in [0.15, 0.2) is 0 Å². The van der Waals surface area contributed by atoms with Gasteiger partial charge in [0.25, 0.3) is 0 Å². The number of carboxylic acids is 1. The molecule has 1 atom stereocenters. The topological polar surface area (TPSA) is 98.7 Å². The zero-order valence-electron chi connectivity index (χ0n) is 11.9. The van der Waals surface area contributed by atoms with E-state index in [1.807, 2.05) is 0 Å². The van der Waals surface area contributed by atoms with E-state index in [1.54, 1.807) is 20.8 Å². The molecule has 3 amide bonds. The smallest absolute Gasteiger partial charge is 0.317 e. The average Bonchev–Trinajstić information content (AvgIpc) is 2.27. The lowest BCUT2D eigenvalue weighted by Crippen LogP contribution is -2.45. The van der Waals surface area contributed by atoms with Gasteiger partial charge in [-0.3, -0.25) is 9.59 Å². The van der Waals surface area contributed by atoms with Crippen molar-refractivity contribution in [2.45, 2.75) is 20.8 Å². The summed E-state index contributed by atoms with van der Waals surface area (Å²) in [5.74, 6) is -1.91. The fourth-order valence-corrected chi connectivity index (χ4v) is 1.48. The maximum Gasteiger partial charge on any atom is 0.317 e. The minimum Gasteiger partial charge on any atom is -0.481 e. The molecule has 0 aliphatic heterocycles. The predicted octanol–water partition coefficient (Wildman–Crippen LogP) is 0.121. The first-order valence-electron chi connectivity index (χ1n) is 6.28.